The molecule has 1 saturated heterocycles. The van der Waals surface area contributed by atoms with E-state index in [-0.39, 0.29) is 40.7 Å². The molecule has 10 nitrogen and oxygen atoms in total. The third kappa shape index (κ3) is 7.88. The standard InChI is InChI=1S/C26H27F2N7O3S/c1-34(2)19-9-10-35(14-19)26(37)32-22-13-24(30-15-29-22)38-21-8-7-18(12-20(21)28)31-25(39)33-23(36)11-16-3-5-17(27)6-4-16/h3-8,12-13,15,19H,9-11,14H2,1-2H3,(H,29,30,32,37)(H2,31,33,36,39). The van der Waals surface area contributed by atoms with Gasteiger partial charge in [-0.05, 0) is 62.6 Å². The molecular weight excluding hydrogens is 528 g/mol. The number of benzene rings is 2. The fourth-order valence-corrected chi connectivity index (χ4v) is 4.13. The summed E-state index contributed by atoms with van der Waals surface area (Å²) in [5, 5.41) is 7.91. The van der Waals surface area contributed by atoms with Crippen molar-refractivity contribution in [2.75, 3.05) is 37.8 Å². The predicted octanol–water partition coefficient (Wildman–Crippen LogP) is 3.77. The molecule has 1 aliphatic rings. The van der Waals surface area contributed by atoms with E-state index >= 15 is 0 Å². The van der Waals surface area contributed by atoms with Crippen LogP contribution in [0.1, 0.15) is 12.0 Å². The molecule has 1 fully saturated rings. The minimum absolute atomic E-state index is 0.000746. The summed E-state index contributed by atoms with van der Waals surface area (Å²) in [4.78, 5) is 36.6. The van der Waals surface area contributed by atoms with Crippen LogP contribution in [0, 0.1) is 11.6 Å². The second-order valence-corrected chi connectivity index (χ2v) is 9.48. The van der Waals surface area contributed by atoms with Crippen molar-refractivity contribution in [1.29, 1.82) is 0 Å². The Balaban J connectivity index is 1.30. The van der Waals surface area contributed by atoms with Gasteiger partial charge >= 0.3 is 6.03 Å². The normalized spacial score (nSPS) is 14.7. The lowest BCUT2D eigenvalue weighted by Gasteiger charge is -2.20. The van der Waals surface area contributed by atoms with Crippen LogP contribution in [0.15, 0.2) is 54.9 Å². The second kappa shape index (κ2) is 12.5. The number of rotatable bonds is 7. The largest absolute Gasteiger partial charge is 0.436 e. The van der Waals surface area contributed by atoms with Crippen molar-refractivity contribution in [2.45, 2.75) is 18.9 Å². The minimum atomic E-state index is -0.712. The van der Waals surface area contributed by atoms with Gasteiger partial charge in [0.1, 0.15) is 18.0 Å². The molecule has 13 heteroatoms. The Morgan fingerprint density at radius 3 is 2.56 bits per heavy atom. The van der Waals surface area contributed by atoms with Crippen LogP contribution in [0.3, 0.4) is 0 Å². The lowest BCUT2D eigenvalue weighted by molar-refractivity contribution is -0.119. The summed E-state index contributed by atoms with van der Waals surface area (Å²) in [6.45, 7) is 1.25. The van der Waals surface area contributed by atoms with Gasteiger partial charge in [0.05, 0.1) is 6.42 Å². The van der Waals surface area contributed by atoms with Crippen LogP contribution in [-0.4, -0.2) is 70.0 Å². The van der Waals surface area contributed by atoms with Gasteiger partial charge in [0.25, 0.3) is 0 Å². The SMILES string of the molecule is CN(C)C1CCN(C(=O)Nc2cc(Oc3ccc(NC(=S)NC(=O)Cc4ccc(F)cc4)cc3F)ncn2)C1. The molecule has 0 aliphatic carbocycles. The average Bonchev–Trinajstić information content (AvgIpc) is 3.38. The van der Waals surface area contributed by atoms with E-state index in [1.54, 1.807) is 4.90 Å². The molecule has 0 bridgehead atoms. The summed E-state index contributed by atoms with van der Waals surface area (Å²) in [5.74, 6) is -1.37. The zero-order chi connectivity index (χ0) is 27.9. The highest BCUT2D eigenvalue weighted by Gasteiger charge is 2.27. The highest BCUT2D eigenvalue weighted by Crippen LogP contribution is 2.26. The molecule has 204 valence electrons. The molecule has 0 radical (unpaired) electrons. The van der Waals surface area contributed by atoms with Crippen LogP contribution in [0.25, 0.3) is 0 Å². The Labute approximate surface area is 229 Å². The summed E-state index contributed by atoms with van der Waals surface area (Å²) in [5.41, 5.74) is 0.898. The van der Waals surface area contributed by atoms with E-state index in [4.69, 9.17) is 17.0 Å². The molecule has 0 saturated carbocycles. The first-order valence-corrected chi connectivity index (χ1v) is 12.4. The number of likely N-dealkylation sites (N-methyl/N-ethyl adjacent to an activating group) is 1. The van der Waals surface area contributed by atoms with Gasteiger partial charge in [-0.15, -0.1) is 0 Å². The number of halogens is 2. The monoisotopic (exact) mass is 555 g/mol. The number of likely N-dealkylation sites (tertiary alicyclic amines) is 1. The summed E-state index contributed by atoms with van der Waals surface area (Å²) in [6, 6.07) is 11.0. The van der Waals surface area contributed by atoms with Gasteiger partial charge in [-0.2, -0.15) is 0 Å². The molecule has 3 amide bonds. The number of hydrogen-bond donors (Lipinski definition) is 3. The molecule has 1 atom stereocenters. The van der Waals surface area contributed by atoms with Crippen LogP contribution < -0.4 is 20.7 Å². The molecule has 3 aromatic rings. The number of hydrogen-bond acceptors (Lipinski definition) is 7. The predicted molar refractivity (Wildman–Crippen MR) is 146 cm³/mol. The Kier molecular flexibility index (Phi) is 8.94. The van der Waals surface area contributed by atoms with Crippen LogP contribution in [0.2, 0.25) is 0 Å². The van der Waals surface area contributed by atoms with E-state index in [0.29, 0.717) is 24.7 Å². The maximum absolute atomic E-state index is 14.7. The summed E-state index contributed by atoms with van der Waals surface area (Å²) >= 11 is 5.12. The minimum Gasteiger partial charge on any atom is -0.436 e. The fourth-order valence-electron chi connectivity index (χ4n) is 3.89. The molecule has 2 heterocycles. The van der Waals surface area contributed by atoms with Crippen LogP contribution in [0.4, 0.5) is 25.1 Å². The van der Waals surface area contributed by atoms with Crippen molar-refractivity contribution < 1.29 is 23.1 Å². The number of anilines is 2. The Morgan fingerprint density at radius 1 is 1.10 bits per heavy atom. The first-order valence-electron chi connectivity index (χ1n) is 12.0. The number of amides is 3. The van der Waals surface area contributed by atoms with E-state index in [1.807, 2.05) is 14.1 Å². The van der Waals surface area contributed by atoms with Crippen molar-refractivity contribution in [3.8, 4) is 11.6 Å². The van der Waals surface area contributed by atoms with Crippen molar-refractivity contribution in [1.82, 2.24) is 25.1 Å². The lowest BCUT2D eigenvalue weighted by atomic mass is 10.1. The number of nitrogens with one attached hydrogen (secondary N) is 3. The van der Waals surface area contributed by atoms with Gasteiger partial charge in [0.15, 0.2) is 16.7 Å². The van der Waals surface area contributed by atoms with Crippen molar-refractivity contribution in [3.05, 3.63) is 72.1 Å². The van der Waals surface area contributed by atoms with Gasteiger partial charge in [0, 0.05) is 37.0 Å². The molecule has 3 N–H and O–H groups in total. The number of aromatic nitrogens is 2. The number of carbonyl (C=O) groups is 2. The number of ether oxygens (including phenoxy) is 1. The van der Waals surface area contributed by atoms with Crippen LogP contribution in [-0.2, 0) is 11.2 Å². The van der Waals surface area contributed by atoms with E-state index in [2.05, 4.69) is 30.8 Å². The van der Waals surface area contributed by atoms with Crippen LogP contribution >= 0.6 is 12.2 Å². The first kappa shape index (κ1) is 27.8. The fraction of sp³-hybridized carbons (Fsp3) is 0.269. The quantitative estimate of drug-likeness (QED) is 0.378. The number of urea groups is 1. The number of nitrogens with zero attached hydrogens (tertiary/aromatic N) is 4. The molecule has 2 aromatic carbocycles. The number of carbonyl (C=O) groups excluding carboxylic acids is 2. The summed E-state index contributed by atoms with van der Waals surface area (Å²) in [7, 11) is 3.96. The topological polar surface area (TPSA) is 112 Å². The average molecular weight is 556 g/mol. The van der Waals surface area contributed by atoms with Gasteiger partial charge in [0.2, 0.25) is 11.8 Å². The molecule has 1 unspecified atom stereocenters. The van der Waals surface area contributed by atoms with Crippen molar-refractivity contribution in [3.63, 3.8) is 0 Å². The Morgan fingerprint density at radius 2 is 1.87 bits per heavy atom. The van der Waals surface area contributed by atoms with Gasteiger partial charge < -0.3 is 25.2 Å². The summed E-state index contributed by atoms with van der Waals surface area (Å²) < 4.78 is 33.3. The van der Waals surface area contributed by atoms with Crippen molar-refractivity contribution >= 4 is 40.8 Å². The lowest BCUT2D eigenvalue weighted by Crippen LogP contribution is -2.37. The van der Waals surface area contributed by atoms with Gasteiger partial charge in [-0.3, -0.25) is 10.1 Å². The molecule has 1 aromatic heterocycles. The van der Waals surface area contributed by atoms with E-state index < -0.39 is 17.5 Å². The molecule has 0 spiro atoms. The van der Waals surface area contributed by atoms with Gasteiger partial charge in [-0.25, -0.2) is 23.5 Å². The Hall–Kier alpha value is -4.23. The van der Waals surface area contributed by atoms with E-state index in [1.165, 1.54) is 48.8 Å². The molecule has 4 rings (SSSR count). The second-order valence-electron chi connectivity index (χ2n) is 9.08. The number of thiocarbonyl (C=S) groups is 1. The molecule has 39 heavy (non-hydrogen) atoms. The first-order chi connectivity index (χ1) is 18.7. The zero-order valence-corrected chi connectivity index (χ0v) is 22.1. The van der Waals surface area contributed by atoms with Gasteiger partial charge in [-0.1, -0.05) is 12.1 Å². The zero-order valence-electron chi connectivity index (χ0n) is 21.3. The third-order valence-corrected chi connectivity index (χ3v) is 6.20. The smallest absolute Gasteiger partial charge is 0.323 e. The summed E-state index contributed by atoms with van der Waals surface area (Å²) in [6.07, 6.45) is 2.09. The maximum Gasteiger partial charge on any atom is 0.323 e. The maximum atomic E-state index is 14.7. The highest BCUT2D eigenvalue weighted by molar-refractivity contribution is 7.80. The van der Waals surface area contributed by atoms with E-state index in [9.17, 15) is 18.4 Å². The van der Waals surface area contributed by atoms with E-state index in [0.717, 1.165) is 12.5 Å². The molecule has 1 aliphatic heterocycles. The molecular formula is C26H27F2N7O3S. The highest BCUT2D eigenvalue weighted by atomic mass is 32.1. The van der Waals surface area contributed by atoms with Crippen LogP contribution in [0.5, 0.6) is 11.6 Å². The third-order valence-electron chi connectivity index (χ3n) is 5.99. The Bertz CT molecular complexity index is 1360. The van der Waals surface area contributed by atoms with Crippen molar-refractivity contribution in [2.24, 2.45) is 0 Å².